The first kappa shape index (κ1) is 18.9. The molecule has 3 saturated carbocycles. The lowest BCUT2D eigenvalue weighted by Gasteiger charge is -2.62. The molecule has 148 valence electrons. The zero-order chi connectivity index (χ0) is 19.8. The van der Waals surface area contributed by atoms with E-state index in [1.54, 1.807) is 6.92 Å². The van der Waals surface area contributed by atoms with Crippen LogP contribution >= 0.6 is 0 Å². The lowest BCUT2D eigenvalue weighted by molar-refractivity contribution is -0.205. The molecule has 2 N–H and O–H groups in total. The van der Waals surface area contributed by atoms with Gasteiger partial charge in [0.15, 0.2) is 11.5 Å². The first-order valence-corrected chi connectivity index (χ1v) is 9.69. The fourth-order valence-electron chi connectivity index (χ4n) is 6.90. The van der Waals surface area contributed by atoms with E-state index < -0.39 is 40.8 Å². The lowest BCUT2D eigenvalue weighted by atomic mass is 9.45. The van der Waals surface area contributed by atoms with Crippen LogP contribution in [0.4, 0.5) is 8.78 Å². The number of fused-ring (bicyclic) bond motifs is 5. The topological polar surface area (TPSA) is 74.6 Å². The van der Waals surface area contributed by atoms with E-state index >= 15 is 8.78 Å². The summed E-state index contributed by atoms with van der Waals surface area (Å²) in [6.45, 7) is 3.45. The number of halogens is 2. The van der Waals surface area contributed by atoms with Gasteiger partial charge >= 0.3 is 0 Å². The monoisotopic (exact) mass is 380 g/mol. The second-order valence-corrected chi connectivity index (χ2v) is 9.26. The number of aliphatic hydroxyl groups excluding tert-OH is 2. The van der Waals surface area contributed by atoms with Crippen LogP contribution in [0.15, 0.2) is 23.8 Å². The molecule has 9 atom stereocenters. The van der Waals surface area contributed by atoms with Crippen molar-refractivity contribution in [1.82, 2.24) is 0 Å². The van der Waals surface area contributed by atoms with Crippen molar-refractivity contribution in [2.24, 2.45) is 28.6 Å². The van der Waals surface area contributed by atoms with Gasteiger partial charge in [-0.05, 0) is 67.6 Å². The van der Waals surface area contributed by atoms with Crippen molar-refractivity contribution in [1.29, 1.82) is 0 Å². The van der Waals surface area contributed by atoms with E-state index in [0.717, 1.165) is 0 Å². The average Bonchev–Trinajstić information content (AvgIpc) is 2.95. The molecule has 0 heterocycles. The van der Waals surface area contributed by atoms with Crippen molar-refractivity contribution >= 4 is 12.1 Å². The summed E-state index contributed by atoms with van der Waals surface area (Å²) in [7, 11) is 0. The highest BCUT2D eigenvalue weighted by atomic mass is 19.1. The molecular weight excluding hydrogens is 354 g/mol. The maximum Gasteiger partial charge on any atom is 0.178 e. The number of ketones is 1. The highest BCUT2D eigenvalue weighted by Gasteiger charge is 2.72. The molecule has 27 heavy (non-hydrogen) atoms. The second kappa shape index (κ2) is 5.80. The van der Waals surface area contributed by atoms with Crippen molar-refractivity contribution in [3.63, 3.8) is 0 Å². The average molecular weight is 380 g/mol. The van der Waals surface area contributed by atoms with Gasteiger partial charge in [0.2, 0.25) is 0 Å². The zero-order valence-electron chi connectivity index (χ0n) is 15.6. The van der Waals surface area contributed by atoms with E-state index in [9.17, 15) is 19.8 Å². The molecule has 4 rings (SSSR count). The second-order valence-electron chi connectivity index (χ2n) is 9.26. The Morgan fingerprint density at radius 3 is 2.67 bits per heavy atom. The Kier molecular flexibility index (Phi) is 4.07. The van der Waals surface area contributed by atoms with Gasteiger partial charge in [-0.3, -0.25) is 4.79 Å². The van der Waals surface area contributed by atoms with Gasteiger partial charge in [0.1, 0.15) is 18.6 Å². The maximum absolute atomic E-state index is 16.7. The molecule has 0 bridgehead atoms. The Labute approximate surface area is 157 Å². The molecule has 4 nitrogen and oxygen atoms in total. The summed E-state index contributed by atoms with van der Waals surface area (Å²) in [6.07, 6.45) is 1.49. The number of hydrogen-bond donors (Lipinski definition) is 2. The van der Waals surface area contributed by atoms with E-state index in [-0.39, 0.29) is 36.0 Å². The molecule has 0 aromatic carbocycles. The molecule has 0 saturated heterocycles. The molecule has 0 amide bonds. The normalized spacial score (nSPS) is 52.4. The largest absolute Gasteiger partial charge is 0.390 e. The lowest BCUT2D eigenvalue weighted by Crippen LogP contribution is -2.68. The number of carbonyl (C=O) groups excluding carboxylic acids is 2. The molecule has 0 aromatic heterocycles. The van der Waals surface area contributed by atoms with Gasteiger partial charge in [0, 0.05) is 11.3 Å². The minimum Gasteiger partial charge on any atom is -0.390 e. The van der Waals surface area contributed by atoms with Crippen molar-refractivity contribution in [2.45, 2.75) is 63.6 Å². The van der Waals surface area contributed by atoms with Crippen LogP contribution in [0, 0.1) is 28.6 Å². The summed E-state index contributed by atoms with van der Waals surface area (Å²) < 4.78 is 31.8. The predicted octanol–water partition coefficient (Wildman–Crippen LogP) is 2.48. The molecule has 0 aliphatic heterocycles. The van der Waals surface area contributed by atoms with Crippen molar-refractivity contribution < 1.29 is 28.6 Å². The van der Waals surface area contributed by atoms with E-state index in [1.165, 1.54) is 18.2 Å². The Morgan fingerprint density at radius 1 is 1.30 bits per heavy atom. The van der Waals surface area contributed by atoms with Crippen LogP contribution in [-0.4, -0.2) is 46.3 Å². The van der Waals surface area contributed by atoms with Gasteiger partial charge in [-0.25, -0.2) is 8.78 Å². The first-order chi connectivity index (χ1) is 12.6. The fourth-order valence-corrected chi connectivity index (χ4v) is 6.90. The Morgan fingerprint density at radius 2 is 2.00 bits per heavy atom. The van der Waals surface area contributed by atoms with Gasteiger partial charge in [-0.15, -0.1) is 0 Å². The van der Waals surface area contributed by atoms with Crippen LogP contribution in [0.1, 0.15) is 39.5 Å². The standard InChI is InChI=1S/C21H26F2O4/c1-19-9-18(27)21(23)14(12(19)3-4-13(19)17(26)10-24)8-16(22)15-7-11(25)5-6-20(15,21)2/h5-7,10,12-14,16-18,26-27H,3-4,8-9H2,1-2H3/t12-,13?,14-,16?,17?,18?,19-,20-,21-/m0/s1. The predicted molar refractivity (Wildman–Crippen MR) is 94.2 cm³/mol. The molecular formula is C21H26F2O4. The van der Waals surface area contributed by atoms with Crippen LogP contribution in [-0.2, 0) is 9.59 Å². The quantitative estimate of drug-likeness (QED) is 0.722. The number of hydrogen-bond acceptors (Lipinski definition) is 4. The van der Waals surface area contributed by atoms with Gasteiger partial charge in [0.05, 0.1) is 6.10 Å². The molecule has 4 aliphatic carbocycles. The summed E-state index contributed by atoms with van der Waals surface area (Å²) in [5.41, 5.74) is -4.00. The number of aldehydes is 1. The summed E-state index contributed by atoms with van der Waals surface area (Å²) in [5.74, 6) is -1.72. The van der Waals surface area contributed by atoms with Crippen molar-refractivity contribution in [3.05, 3.63) is 23.8 Å². The van der Waals surface area contributed by atoms with Crippen LogP contribution in [0.5, 0.6) is 0 Å². The summed E-state index contributed by atoms with van der Waals surface area (Å²) >= 11 is 0. The summed E-state index contributed by atoms with van der Waals surface area (Å²) in [6, 6.07) is 0. The van der Waals surface area contributed by atoms with Crippen LogP contribution in [0.25, 0.3) is 0 Å². The maximum atomic E-state index is 16.7. The Balaban J connectivity index is 1.81. The summed E-state index contributed by atoms with van der Waals surface area (Å²) in [4.78, 5) is 22.9. The number of alkyl halides is 2. The van der Waals surface area contributed by atoms with Crippen LogP contribution in [0.2, 0.25) is 0 Å². The van der Waals surface area contributed by atoms with Gasteiger partial charge < -0.3 is 15.0 Å². The van der Waals surface area contributed by atoms with E-state index in [2.05, 4.69) is 0 Å². The summed E-state index contributed by atoms with van der Waals surface area (Å²) in [5, 5.41) is 21.1. The number of allylic oxidation sites excluding steroid dienone is 4. The Bertz CT molecular complexity index is 748. The molecule has 6 heteroatoms. The smallest absolute Gasteiger partial charge is 0.178 e. The minimum absolute atomic E-state index is 0.0970. The minimum atomic E-state index is -2.09. The number of carbonyl (C=O) groups is 2. The van der Waals surface area contributed by atoms with E-state index in [1.807, 2.05) is 6.92 Å². The molecule has 3 fully saturated rings. The molecule has 0 radical (unpaired) electrons. The first-order valence-electron chi connectivity index (χ1n) is 9.69. The van der Waals surface area contributed by atoms with Gasteiger partial charge in [-0.2, -0.15) is 0 Å². The third-order valence-corrected chi connectivity index (χ3v) is 8.25. The van der Waals surface area contributed by atoms with Crippen molar-refractivity contribution in [2.75, 3.05) is 0 Å². The van der Waals surface area contributed by atoms with Crippen LogP contribution < -0.4 is 0 Å². The molecule has 4 unspecified atom stereocenters. The SMILES string of the molecule is C[C@]12C=CC(=O)C=C1C(F)C[C@H]1[C@@H]3CCC(C(O)C=O)[C@@]3(C)CC(O)[C@@]12F. The highest BCUT2D eigenvalue weighted by Crippen LogP contribution is 2.69. The molecule has 4 aliphatic rings. The van der Waals surface area contributed by atoms with Gasteiger partial charge in [-0.1, -0.05) is 13.0 Å². The third-order valence-electron chi connectivity index (χ3n) is 8.25. The van der Waals surface area contributed by atoms with Crippen LogP contribution in [0.3, 0.4) is 0 Å². The van der Waals surface area contributed by atoms with E-state index in [4.69, 9.17) is 0 Å². The zero-order valence-corrected chi connectivity index (χ0v) is 15.6. The molecule has 0 aromatic rings. The van der Waals surface area contributed by atoms with Crippen molar-refractivity contribution in [3.8, 4) is 0 Å². The highest BCUT2D eigenvalue weighted by molar-refractivity contribution is 6.01. The van der Waals surface area contributed by atoms with Gasteiger partial charge in [0.25, 0.3) is 0 Å². The Hall–Kier alpha value is -1.40. The molecule has 0 spiro atoms. The fraction of sp³-hybridized carbons (Fsp3) is 0.714. The van der Waals surface area contributed by atoms with E-state index in [0.29, 0.717) is 19.1 Å². The number of rotatable bonds is 2. The third kappa shape index (κ3) is 2.20. The number of aliphatic hydroxyl groups is 2.